The Bertz CT molecular complexity index is 996. The molecule has 3 aromatic rings. The molecule has 0 spiro atoms. The van der Waals surface area contributed by atoms with E-state index in [9.17, 15) is 5.11 Å². The van der Waals surface area contributed by atoms with Crippen molar-refractivity contribution in [1.29, 1.82) is 0 Å². The van der Waals surface area contributed by atoms with Crippen LogP contribution >= 0.6 is 0 Å². The number of rotatable bonds is 13. The van der Waals surface area contributed by atoms with Crippen molar-refractivity contribution >= 4 is 17.7 Å². The maximum atomic E-state index is 9.42. The second-order valence-electron chi connectivity index (χ2n) is 7.61. The molecule has 2 heterocycles. The molecule has 3 rings (SSSR count). The molecule has 0 bridgehead atoms. The molecule has 174 valence electrons. The molecule has 8 heteroatoms. The Labute approximate surface area is 195 Å². The van der Waals surface area contributed by atoms with Gasteiger partial charge in [0.15, 0.2) is 0 Å². The molecule has 0 aliphatic rings. The Morgan fingerprint density at radius 1 is 1.06 bits per heavy atom. The molecule has 0 aliphatic carbocycles. The minimum atomic E-state index is 0.209. The molecule has 8 nitrogen and oxygen atoms in total. The number of aromatic hydroxyl groups is 1. The van der Waals surface area contributed by atoms with Gasteiger partial charge < -0.3 is 14.7 Å². The molecule has 0 saturated heterocycles. The zero-order valence-electron chi connectivity index (χ0n) is 19.3. The third kappa shape index (κ3) is 8.07. The number of nitrogens with zero attached hydrogens (tertiary/aromatic N) is 5. The summed E-state index contributed by atoms with van der Waals surface area (Å²) in [5.41, 5.74) is 5.32. The molecule has 2 N–H and O–H groups in total. The fourth-order valence-corrected chi connectivity index (χ4v) is 3.18. The molecule has 0 amide bonds. The Kier molecular flexibility index (Phi) is 9.45. The van der Waals surface area contributed by atoms with Gasteiger partial charge in [0.05, 0.1) is 24.2 Å². The van der Waals surface area contributed by atoms with Gasteiger partial charge in [-0.05, 0) is 49.2 Å². The lowest BCUT2D eigenvalue weighted by Crippen LogP contribution is -2.26. The molecule has 0 radical (unpaired) electrons. The van der Waals surface area contributed by atoms with Crippen LogP contribution in [0.4, 0.5) is 11.5 Å². The summed E-state index contributed by atoms with van der Waals surface area (Å²) in [5, 5.41) is 13.7. The van der Waals surface area contributed by atoms with E-state index in [2.05, 4.69) is 44.2 Å². The summed E-state index contributed by atoms with van der Waals surface area (Å²) in [5.74, 6) is 1.04. The number of hydrogen-bond donors (Lipinski definition) is 2. The molecule has 0 unspecified atom stereocenters. The van der Waals surface area contributed by atoms with E-state index in [1.54, 1.807) is 36.7 Å². The van der Waals surface area contributed by atoms with Gasteiger partial charge in [-0.3, -0.25) is 10.4 Å². The number of nitrogens with one attached hydrogen (secondary N) is 1. The third-order valence-electron chi connectivity index (χ3n) is 4.88. The van der Waals surface area contributed by atoms with Gasteiger partial charge >= 0.3 is 6.01 Å². The van der Waals surface area contributed by atoms with Crippen LogP contribution in [0.15, 0.2) is 59.8 Å². The molecular weight excluding hydrogens is 416 g/mol. The smallest absolute Gasteiger partial charge is 0.318 e. The zero-order chi connectivity index (χ0) is 23.3. The van der Waals surface area contributed by atoms with Gasteiger partial charge in [0, 0.05) is 37.5 Å². The standard InChI is InChI=1S/C25H32N6O2/c1-3-5-16-31(15-4-2)24-18-22(19-27-30-21-9-11-23(32)12-10-21)28-25(29-24)33-17-13-20-8-6-7-14-26-20/h6-12,14,18-19,30,32H,3-5,13,15-17H2,1-2H3/b27-19+. The summed E-state index contributed by atoms with van der Waals surface area (Å²) in [6.45, 7) is 6.62. The van der Waals surface area contributed by atoms with Gasteiger partial charge in [-0.2, -0.15) is 15.1 Å². The number of pyridine rings is 1. The van der Waals surface area contributed by atoms with Gasteiger partial charge in [0.25, 0.3) is 0 Å². The number of hydrogen-bond acceptors (Lipinski definition) is 8. The number of hydrazone groups is 1. The number of anilines is 2. The molecular formula is C25H32N6O2. The average molecular weight is 449 g/mol. The van der Waals surface area contributed by atoms with Crippen molar-refractivity contribution in [1.82, 2.24) is 15.0 Å². The second-order valence-corrected chi connectivity index (χ2v) is 7.61. The summed E-state index contributed by atoms with van der Waals surface area (Å²) in [6, 6.07) is 14.8. The van der Waals surface area contributed by atoms with Crippen molar-refractivity contribution in [3.63, 3.8) is 0 Å². The van der Waals surface area contributed by atoms with E-state index in [1.807, 2.05) is 24.3 Å². The first-order valence-corrected chi connectivity index (χ1v) is 11.4. The van der Waals surface area contributed by atoms with E-state index in [1.165, 1.54) is 0 Å². The molecule has 0 saturated carbocycles. The monoisotopic (exact) mass is 448 g/mol. The minimum Gasteiger partial charge on any atom is -0.508 e. The normalized spacial score (nSPS) is 11.0. The highest BCUT2D eigenvalue weighted by Gasteiger charge is 2.12. The van der Waals surface area contributed by atoms with Gasteiger partial charge in [-0.25, -0.2) is 0 Å². The summed E-state index contributed by atoms with van der Waals surface area (Å²) in [4.78, 5) is 15.8. The summed E-state index contributed by atoms with van der Waals surface area (Å²) >= 11 is 0. The van der Waals surface area contributed by atoms with Crippen molar-refractivity contribution in [2.45, 2.75) is 39.5 Å². The Morgan fingerprint density at radius 3 is 2.64 bits per heavy atom. The number of phenolic OH excluding ortho intramolecular Hbond substituents is 1. The van der Waals surface area contributed by atoms with Crippen molar-refractivity contribution < 1.29 is 9.84 Å². The summed E-state index contributed by atoms with van der Waals surface area (Å²) in [6.07, 6.45) is 7.32. The number of aromatic nitrogens is 3. The second kappa shape index (κ2) is 13.0. The van der Waals surface area contributed by atoms with Crippen LogP contribution in [0.1, 0.15) is 44.5 Å². The van der Waals surface area contributed by atoms with Crippen LogP contribution < -0.4 is 15.1 Å². The molecule has 0 atom stereocenters. The van der Waals surface area contributed by atoms with Crippen molar-refractivity contribution in [3.8, 4) is 11.8 Å². The topological polar surface area (TPSA) is 95.8 Å². The van der Waals surface area contributed by atoms with Crippen molar-refractivity contribution in [2.24, 2.45) is 5.10 Å². The fourth-order valence-electron chi connectivity index (χ4n) is 3.18. The Morgan fingerprint density at radius 2 is 1.91 bits per heavy atom. The number of unbranched alkanes of at least 4 members (excludes halogenated alkanes) is 1. The molecule has 0 aliphatic heterocycles. The van der Waals surface area contributed by atoms with E-state index in [0.717, 1.165) is 49.6 Å². The highest BCUT2D eigenvalue weighted by atomic mass is 16.5. The number of benzene rings is 1. The lowest BCUT2D eigenvalue weighted by atomic mass is 10.3. The van der Waals surface area contributed by atoms with Crippen molar-refractivity contribution in [3.05, 3.63) is 66.1 Å². The average Bonchev–Trinajstić information content (AvgIpc) is 2.83. The largest absolute Gasteiger partial charge is 0.508 e. The lowest BCUT2D eigenvalue weighted by molar-refractivity contribution is 0.295. The third-order valence-corrected chi connectivity index (χ3v) is 4.88. The first-order chi connectivity index (χ1) is 16.2. The van der Waals surface area contributed by atoms with Crippen molar-refractivity contribution in [2.75, 3.05) is 30.0 Å². The van der Waals surface area contributed by atoms with Crippen LogP contribution in [0, 0.1) is 0 Å². The highest BCUT2D eigenvalue weighted by molar-refractivity contribution is 5.79. The van der Waals surface area contributed by atoms with Gasteiger partial charge in [-0.15, -0.1) is 0 Å². The SMILES string of the molecule is CCCCN(CCC)c1cc(/C=N/Nc2ccc(O)cc2)nc(OCCc2ccccn2)n1. The van der Waals surface area contributed by atoms with Gasteiger partial charge in [-0.1, -0.05) is 26.3 Å². The van der Waals surface area contributed by atoms with Crippen LogP contribution in [-0.4, -0.2) is 46.0 Å². The lowest BCUT2D eigenvalue weighted by Gasteiger charge is -2.23. The molecule has 33 heavy (non-hydrogen) atoms. The van der Waals surface area contributed by atoms with Crippen LogP contribution in [0.25, 0.3) is 0 Å². The molecule has 1 aromatic carbocycles. The van der Waals surface area contributed by atoms with E-state index >= 15 is 0 Å². The Balaban J connectivity index is 1.76. The fraction of sp³-hybridized carbons (Fsp3) is 0.360. The molecule has 0 fully saturated rings. The molecule has 2 aromatic heterocycles. The highest BCUT2D eigenvalue weighted by Crippen LogP contribution is 2.18. The zero-order valence-corrected chi connectivity index (χ0v) is 19.3. The van der Waals surface area contributed by atoms with Crippen LogP contribution in [0.2, 0.25) is 0 Å². The predicted molar refractivity (Wildman–Crippen MR) is 132 cm³/mol. The Hall–Kier alpha value is -3.68. The van der Waals surface area contributed by atoms with Crippen LogP contribution in [-0.2, 0) is 6.42 Å². The quantitative estimate of drug-likeness (QED) is 0.223. The van der Waals surface area contributed by atoms with Crippen LogP contribution in [0.3, 0.4) is 0 Å². The van der Waals surface area contributed by atoms with Crippen LogP contribution in [0.5, 0.6) is 11.8 Å². The predicted octanol–water partition coefficient (Wildman–Crippen LogP) is 4.66. The van der Waals surface area contributed by atoms with E-state index in [0.29, 0.717) is 24.7 Å². The maximum Gasteiger partial charge on any atom is 0.318 e. The van der Waals surface area contributed by atoms with E-state index < -0.39 is 0 Å². The maximum absolute atomic E-state index is 9.42. The first kappa shape index (κ1) is 24.0. The minimum absolute atomic E-state index is 0.209. The van der Waals surface area contributed by atoms with Gasteiger partial charge in [0.2, 0.25) is 0 Å². The van der Waals surface area contributed by atoms with Gasteiger partial charge in [0.1, 0.15) is 11.6 Å². The van der Waals surface area contributed by atoms with E-state index in [-0.39, 0.29) is 5.75 Å². The van der Waals surface area contributed by atoms with E-state index in [4.69, 9.17) is 4.74 Å². The summed E-state index contributed by atoms with van der Waals surface area (Å²) < 4.78 is 5.90. The summed E-state index contributed by atoms with van der Waals surface area (Å²) in [7, 11) is 0. The number of phenols is 1. The number of ether oxygens (including phenoxy) is 1. The first-order valence-electron chi connectivity index (χ1n) is 11.4.